The van der Waals surface area contributed by atoms with Crippen LogP contribution in [0.1, 0.15) is 64.0 Å². The summed E-state index contributed by atoms with van der Waals surface area (Å²) in [6.45, 7) is 10.0. The van der Waals surface area contributed by atoms with E-state index in [1.807, 2.05) is 24.0 Å². The van der Waals surface area contributed by atoms with Crippen molar-refractivity contribution in [2.45, 2.75) is 64.6 Å². The quantitative estimate of drug-likeness (QED) is 0.425. The summed E-state index contributed by atoms with van der Waals surface area (Å²) >= 11 is 6.54. The minimum absolute atomic E-state index is 0.0119. The minimum atomic E-state index is -0.125. The molecule has 2 aromatic carbocycles. The molecule has 0 atom stereocenters. The number of halogens is 1. The van der Waals surface area contributed by atoms with Gasteiger partial charge < -0.3 is 19.7 Å². The highest BCUT2D eigenvalue weighted by Crippen LogP contribution is 2.46. The lowest BCUT2D eigenvalue weighted by Crippen LogP contribution is -2.61. The van der Waals surface area contributed by atoms with E-state index in [1.54, 1.807) is 4.90 Å². The van der Waals surface area contributed by atoms with Gasteiger partial charge in [0.15, 0.2) is 0 Å². The number of carbonyl (C=O) groups is 3. The lowest BCUT2D eigenvalue weighted by atomic mass is 9.92. The summed E-state index contributed by atoms with van der Waals surface area (Å²) in [5, 5.41) is 4.48. The summed E-state index contributed by atoms with van der Waals surface area (Å²) < 4.78 is 2.06. The van der Waals surface area contributed by atoms with Crippen LogP contribution in [-0.2, 0) is 35.5 Å². The molecule has 1 N–H and O–H groups in total. The fourth-order valence-electron chi connectivity index (χ4n) is 6.50. The maximum atomic E-state index is 14.3. The molecule has 1 aliphatic carbocycles. The first-order valence-corrected chi connectivity index (χ1v) is 14.6. The number of nitrogens with zero attached hydrogens (tertiary/aromatic N) is 3. The van der Waals surface area contributed by atoms with Crippen LogP contribution in [0.3, 0.4) is 0 Å². The first-order chi connectivity index (χ1) is 19.3. The van der Waals surface area contributed by atoms with Crippen molar-refractivity contribution in [2.24, 2.45) is 0 Å². The third-order valence-corrected chi connectivity index (χ3v) is 8.81. The van der Waals surface area contributed by atoms with Crippen molar-refractivity contribution < 1.29 is 14.4 Å². The van der Waals surface area contributed by atoms with E-state index in [0.717, 1.165) is 47.8 Å². The number of rotatable bonds is 7. The Kier molecular flexibility index (Phi) is 6.95. The Hall–Kier alpha value is -3.58. The zero-order valence-electron chi connectivity index (χ0n) is 23.1. The number of fused-ring (bicyclic) bond motifs is 2. The molecule has 0 spiro atoms. The molecular weight excluding hydrogens is 524 g/mol. The molecular formula is C32H35ClN4O3. The summed E-state index contributed by atoms with van der Waals surface area (Å²) in [5.41, 5.74) is 7.43. The molecule has 7 nitrogen and oxygen atoms in total. The van der Waals surface area contributed by atoms with Crippen LogP contribution in [0.5, 0.6) is 0 Å². The largest absolute Gasteiger partial charge is 0.348 e. The van der Waals surface area contributed by atoms with Crippen LogP contribution in [0, 0.1) is 6.92 Å². The van der Waals surface area contributed by atoms with E-state index < -0.39 is 0 Å². The third-order valence-electron chi connectivity index (χ3n) is 8.60. The monoisotopic (exact) mass is 558 g/mol. The van der Waals surface area contributed by atoms with E-state index in [1.165, 1.54) is 22.8 Å². The van der Waals surface area contributed by atoms with Gasteiger partial charge in [-0.3, -0.25) is 14.4 Å². The third kappa shape index (κ3) is 4.70. The van der Waals surface area contributed by atoms with Crippen LogP contribution in [0.15, 0.2) is 43.0 Å². The molecule has 0 unspecified atom stereocenters. The van der Waals surface area contributed by atoms with E-state index in [9.17, 15) is 14.4 Å². The highest BCUT2D eigenvalue weighted by Gasteiger charge is 2.38. The predicted octanol–water partition coefficient (Wildman–Crippen LogP) is 4.75. The van der Waals surface area contributed by atoms with Crippen molar-refractivity contribution in [1.82, 2.24) is 19.7 Å². The maximum Gasteiger partial charge on any atom is 0.256 e. The zero-order chi connectivity index (χ0) is 28.1. The highest BCUT2D eigenvalue weighted by molar-refractivity contribution is 6.31. The molecule has 3 aromatic rings. The molecule has 1 aromatic heterocycles. The second-order valence-corrected chi connectivity index (χ2v) is 11.8. The van der Waals surface area contributed by atoms with Crippen molar-refractivity contribution in [1.29, 1.82) is 0 Å². The zero-order valence-corrected chi connectivity index (χ0v) is 23.9. The maximum absolute atomic E-state index is 14.3. The number of benzene rings is 2. The SMILES string of the molecule is C=CC(=O)N1CC(NC(=O)Cn2c(C3CC3)c(C(=O)N3CCc4c(CC)cccc4C3)c3cc(Cl)cc(C)c32)C1. The molecule has 0 bridgehead atoms. The number of nitrogens with one attached hydrogen (secondary N) is 1. The standard InChI is InChI=1S/C32H35ClN4O3/c1-4-20-7-6-8-22-15-35(12-11-25(20)22)32(40)29-26-14-23(33)13-19(3)30(26)37(31(29)21-9-10-21)18-27(38)34-24-16-36(17-24)28(39)5-2/h5-8,13-14,21,24H,2,4,9-12,15-18H2,1,3H3,(H,34,38). The van der Waals surface area contributed by atoms with Crippen molar-refractivity contribution in [3.05, 3.63) is 81.5 Å². The molecule has 40 heavy (non-hydrogen) atoms. The second-order valence-electron chi connectivity index (χ2n) is 11.3. The van der Waals surface area contributed by atoms with E-state index in [4.69, 9.17) is 11.6 Å². The number of hydrogen-bond donors (Lipinski definition) is 1. The van der Waals surface area contributed by atoms with Crippen molar-refractivity contribution in [2.75, 3.05) is 19.6 Å². The average molecular weight is 559 g/mol. The van der Waals surface area contributed by atoms with Crippen LogP contribution in [-0.4, -0.2) is 57.8 Å². The number of amides is 3. The van der Waals surface area contributed by atoms with Crippen molar-refractivity contribution in [3.63, 3.8) is 0 Å². The second kappa shape index (κ2) is 10.4. The minimum Gasteiger partial charge on any atom is -0.348 e. The van der Waals surface area contributed by atoms with Gasteiger partial charge in [0, 0.05) is 48.2 Å². The van der Waals surface area contributed by atoms with Gasteiger partial charge in [0.2, 0.25) is 11.8 Å². The molecule has 208 valence electrons. The van der Waals surface area contributed by atoms with Crippen molar-refractivity contribution in [3.8, 4) is 0 Å². The van der Waals surface area contributed by atoms with E-state index >= 15 is 0 Å². The molecule has 3 aliphatic rings. The van der Waals surface area contributed by atoms with Gasteiger partial charge in [0.25, 0.3) is 5.91 Å². The first kappa shape index (κ1) is 26.6. The van der Waals surface area contributed by atoms with Gasteiger partial charge in [-0.2, -0.15) is 0 Å². The summed E-state index contributed by atoms with van der Waals surface area (Å²) in [4.78, 5) is 43.0. The van der Waals surface area contributed by atoms with Gasteiger partial charge in [-0.05, 0) is 73.1 Å². The van der Waals surface area contributed by atoms with Gasteiger partial charge in [-0.15, -0.1) is 0 Å². The normalized spacial score (nSPS) is 17.0. The van der Waals surface area contributed by atoms with Gasteiger partial charge in [0.05, 0.1) is 17.1 Å². The van der Waals surface area contributed by atoms with Gasteiger partial charge >= 0.3 is 0 Å². The van der Waals surface area contributed by atoms with Crippen LogP contribution < -0.4 is 5.32 Å². The van der Waals surface area contributed by atoms with Gasteiger partial charge in [-0.25, -0.2) is 0 Å². The number of aryl methyl sites for hydroxylation is 2. The Balaban J connectivity index is 1.34. The molecule has 8 heteroatoms. The van der Waals surface area contributed by atoms with Crippen LogP contribution in [0.25, 0.3) is 10.9 Å². The Bertz CT molecular complexity index is 1550. The Labute approximate surface area is 239 Å². The molecule has 1 saturated heterocycles. The molecule has 1 saturated carbocycles. The van der Waals surface area contributed by atoms with Crippen molar-refractivity contribution >= 4 is 40.2 Å². The topological polar surface area (TPSA) is 74.6 Å². The lowest BCUT2D eigenvalue weighted by molar-refractivity contribution is -0.133. The summed E-state index contributed by atoms with van der Waals surface area (Å²) in [6.07, 6.45) is 5.11. The fraction of sp³-hybridized carbons (Fsp3) is 0.406. The molecule has 3 heterocycles. The highest BCUT2D eigenvalue weighted by atomic mass is 35.5. The smallest absolute Gasteiger partial charge is 0.256 e. The van der Waals surface area contributed by atoms with E-state index in [2.05, 4.69) is 41.6 Å². The summed E-state index contributed by atoms with van der Waals surface area (Å²) in [5.74, 6) is 0.00466. The van der Waals surface area contributed by atoms with Crippen LogP contribution in [0.2, 0.25) is 5.02 Å². The fourth-order valence-corrected chi connectivity index (χ4v) is 6.77. The molecule has 3 amide bonds. The Morgan fingerprint density at radius 2 is 1.93 bits per heavy atom. The molecule has 0 radical (unpaired) electrons. The lowest BCUT2D eigenvalue weighted by Gasteiger charge is -2.39. The van der Waals surface area contributed by atoms with E-state index in [0.29, 0.717) is 36.8 Å². The van der Waals surface area contributed by atoms with Crippen LogP contribution in [0.4, 0.5) is 0 Å². The number of aromatic nitrogens is 1. The predicted molar refractivity (Wildman–Crippen MR) is 157 cm³/mol. The molecule has 6 rings (SSSR count). The Morgan fingerprint density at radius 1 is 1.15 bits per heavy atom. The average Bonchev–Trinajstić information content (AvgIpc) is 3.71. The molecule has 2 fully saturated rings. The van der Waals surface area contributed by atoms with E-state index in [-0.39, 0.29) is 36.2 Å². The first-order valence-electron chi connectivity index (χ1n) is 14.2. The number of hydrogen-bond acceptors (Lipinski definition) is 3. The number of likely N-dealkylation sites (tertiary alicyclic amines) is 1. The summed E-state index contributed by atoms with van der Waals surface area (Å²) in [7, 11) is 0. The van der Waals surface area contributed by atoms with Gasteiger partial charge in [-0.1, -0.05) is 43.3 Å². The molecule has 2 aliphatic heterocycles. The van der Waals surface area contributed by atoms with Gasteiger partial charge in [0.1, 0.15) is 6.54 Å². The Morgan fingerprint density at radius 3 is 2.62 bits per heavy atom. The van der Waals surface area contributed by atoms with Crippen LogP contribution >= 0.6 is 11.6 Å². The number of carbonyl (C=O) groups excluding carboxylic acids is 3. The summed E-state index contributed by atoms with van der Waals surface area (Å²) in [6, 6.07) is 10.1.